The number of rotatable bonds is 10. The summed E-state index contributed by atoms with van der Waals surface area (Å²) in [6.07, 6.45) is 8.19. The number of piperazine rings is 1. The molecule has 1 aromatic heterocycles. The van der Waals surface area contributed by atoms with E-state index in [1.54, 1.807) is 30.1 Å². The van der Waals surface area contributed by atoms with Crippen molar-refractivity contribution in [1.82, 2.24) is 19.5 Å². The highest BCUT2D eigenvalue weighted by Crippen LogP contribution is 2.39. The molecular weight excluding hydrogens is 630 g/mol. The van der Waals surface area contributed by atoms with Gasteiger partial charge in [0.2, 0.25) is 15.9 Å². The molecule has 0 spiro atoms. The highest BCUT2D eigenvalue weighted by atomic mass is 32.2. The fraction of sp³-hybridized carbons (Fsp3) is 0.657. The molecule has 12 nitrogen and oxygen atoms in total. The minimum Gasteiger partial charge on any atom is -0.495 e. The van der Waals surface area contributed by atoms with Crippen molar-refractivity contribution in [3.05, 3.63) is 30.3 Å². The van der Waals surface area contributed by atoms with Gasteiger partial charge in [0, 0.05) is 77.2 Å². The number of pyridine rings is 1. The second kappa shape index (κ2) is 14.1. The van der Waals surface area contributed by atoms with E-state index >= 15 is 0 Å². The summed E-state index contributed by atoms with van der Waals surface area (Å²) in [6.45, 7) is 9.08. The summed E-state index contributed by atoms with van der Waals surface area (Å²) >= 11 is 0. The van der Waals surface area contributed by atoms with Crippen molar-refractivity contribution in [3.63, 3.8) is 0 Å². The number of nitrogens with one attached hydrogen (secondary N) is 2. The zero-order valence-electron chi connectivity index (χ0n) is 28.6. The number of methoxy groups -OCH3 is 1. The summed E-state index contributed by atoms with van der Waals surface area (Å²) in [5, 5.41) is 3.34. The van der Waals surface area contributed by atoms with E-state index in [1.165, 1.54) is 26.5 Å². The van der Waals surface area contributed by atoms with Gasteiger partial charge >= 0.3 is 0 Å². The zero-order valence-corrected chi connectivity index (χ0v) is 29.4. The standard InChI is InChI=1S/C35H51N7O5S/c1-24-35(43)39(2)31-12-13-33(37-34(31)42(24)28-14-20-47-21-15-28)36-30-11-10-29(22-32(30)46-3)48(44,45)38-26-6-8-27(9-7-26)41-18-16-40(17-19-41)23-25-4-5-25/h10-13,22,24-28,38H,4-9,14-21,23H2,1-3H3,(H,36,37)/t24-,26?,27?/m1/s1. The topological polar surface area (TPSA) is 120 Å². The van der Waals surface area contributed by atoms with Crippen LogP contribution in [0.1, 0.15) is 58.3 Å². The van der Waals surface area contributed by atoms with Crippen molar-refractivity contribution in [2.45, 2.75) is 87.4 Å². The molecule has 5 aliphatic rings. The van der Waals surface area contributed by atoms with Crippen LogP contribution in [0.2, 0.25) is 0 Å². The zero-order chi connectivity index (χ0) is 33.4. The number of fused-ring (bicyclic) bond motifs is 1. The van der Waals surface area contributed by atoms with E-state index in [0.717, 1.165) is 82.1 Å². The molecular formula is C35H51N7O5S. The number of sulfonamides is 1. The number of likely N-dealkylation sites (N-methyl/N-ethyl adjacent to an activating group) is 1. The van der Waals surface area contributed by atoms with Gasteiger partial charge in [-0.2, -0.15) is 0 Å². The molecule has 1 aromatic carbocycles. The lowest BCUT2D eigenvalue weighted by Gasteiger charge is -2.44. The highest BCUT2D eigenvalue weighted by Gasteiger charge is 2.39. The molecule has 0 radical (unpaired) electrons. The molecule has 4 heterocycles. The monoisotopic (exact) mass is 681 g/mol. The number of hydrogen-bond donors (Lipinski definition) is 2. The van der Waals surface area contributed by atoms with Gasteiger partial charge in [-0.1, -0.05) is 0 Å². The maximum Gasteiger partial charge on any atom is 0.249 e. The molecule has 13 heteroatoms. The van der Waals surface area contributed by atoms with Gasteiger partial charge in [0.25, 0.3) is 0 Å². The molecule has 2 N–H and O–H groups in total. The Morgan fingerprint density at radius 3 is 2.35 bits per heavy atom. The van der Waals surface area contributed by atoms with Gasteiger partial charge in [-0.25, -0.2) is 18.1 Å². The Morgan fingerprint density at radius 1 is 0.938 bits per heavy atom. The minimum atomic E-state index is -3.73. The summed E-state index contributed by atoms with van der Waals surface area (Å²) in [6, 6.07) is 8.92. The van der Waals surface area contributed by atoms with Gasteiger partial charge < -0.3 is 29.5 Å². The van der Waals surface area contributed by atoms with E-state index < -0.39 is 10.0 Å². The van der Waals surface area contributed by atoms with Gasteiger partial charge in [-0.15, -0.1) is 0 Å². The summed E-state index contributed by atoms with van der Waals surface area (Å²) in [4.78, 5) is 27.3. The molecule has 2 aromatic rings. The van der Waals surface area contributed by atoms with E-state index in [0.29, 0.717) is 36.5 Å². The van der Waals surface area contributed by atoms with Crippen LogP contribution in [0.25, 0.3) is 0 Å². The van der Waals surface area contributed by atoms with Gasteiger partial charge in [-0.05, 0) is 88.5 Å². The minimum absolute atomic E-state index is 0.0362. The van der Waals surface area contributed by atoms with Crippen LogP contribution in [0.4, 0.5) is 23.0 Å². The van der Waals surface area contributed by atoms with Crippen molar-refractivity contribution in [1.29, 1.82) is 0 Å². The van der Waals surface area contributed by atoms with E-state index in [9.17, 15) is 13.2 Å². The van der Waals surface area contributed by atoms with Crippen LogP contribution in [0.5, 0.6) is 5.75 Å². The number of nitrogens with zero attached hydrogens (tertiary/aromatic N) is 5. The third kappa shape index (κ3) is 7.16. The fourth-order valence-corrected chi connectivity index (χ4v) is 9.34. The molecule has 2 saturated heterocycles. The summed E-state index contributed by atoms with van der Waals surface area (Å²) in [7, 11) is -0.415. The normalized spacial score (nSPS) is 26.4. The molecule has 4 fully saturated rings. The smallest absolute Gasteiger partial charge is 0.249 e. The second-order valence-corrected chi connectivity index (χ2v) is 16.0. The fourth-order valence-electron chi connectivity index (χ4n) is 8.02. The van der Waals surface area contributed by atoms with E-state index in [2.05, 4.69) is 24.7 Å². The number of carbonyl (C=O) groups is 1. The Hall–Kier alpha value is -2.97. The highest BCUT2D eigenvalue weighted by molar-refractivity contribution is 7.89. The predicted octanol–water partition coefficient (Wildman–Crippen LogP) is 3.80. The molecule has 2 saturated carbocycles. The molecule has 7 rings (SSSR count). The number of aromatic nitrogens is 1. The lowest BCUT2D eigenvalue weighted by atomic mass is 9.90. The van der Waals surface area contributed by atoms with Crippen LogP contribution >= 0.6 is 0 Å². The third-order valence-corrected chi connectivity index (χ3v) is 12.6. The average molecular weight is 682 g/mol. The first-order valence-corrected chi connectivity index (χ1v) is 19.3. The van der Waals surface area contributed by atoms with E-state index in [1.807, 2.05) is 19.1 Å². The number of carbonyl (C=O) groups excluding carboxylic acids is 1. The first kappa shape index (κ1) is 33.5. The van der Waals surface area contributed by atoms with Gasteiger partial charge in [0.1, 0.15) is 17.6 Å². The number of amides is 1. The molecule has 1 amide bonds. The molecule has 48 heavy (non-hydrogen) atoms. The average Bonchev–Trinajstić information content (AvgIpc) is 3.92. The number of anilines is 4. The molecule has 2 aliphatic carbocycles. The summed E-state index contributed by atoms with van der Waals surface area (Å²) in [5.41, 5.74) is 1.36. The van der Waals surface area contributed by atoms with Gasteiger partial charge in [0.05, 0.1) is 23.4 Å². The maximum absolute atomic E-state index is 13.5. The first-order chi connectivity index (χ1) is 23.2. The van der Waals surface area contributed by atoms with Crippen LogP contribution in [0, 0.1) is 5.92 Å². The quantitative estimate of drug-likeness (QED) is 0.384. The molecule has 0 bridgehead atoms. The maximum atomic E-state index is 13.5. The molecule has 1 atom stereocenters. The Balaban J connectivity index is 0.993. The van der Waals surface area contributed by atoms with Gasteiger partial charge in [0.15, 0.2) is 5.82 Å². The third-order valence-electron chi connectivity index (χ3n) is 11.1. The summed E-state index contributed by atoms with van der Waals surface area (Å²) < 4.78 is 41.3. The molecule has 3 aliphatic heterocycles. The van der Waals surface area contributed by atoms with Crippen LogP contribution in [0.3, 0.4) is 0 Å². The number of benzene rings is 1. The lowest BCUT2D eigenvalue weighted by Crippen LogP contribution is -2.56. The largest absolute Gasteiger partial charge is 0.495 e. The van der Waals surface area contributed by atoms with E-state index in [4.69, 9.17) is 14.5 Å². The van der Waals surface area contributed by atoms with E-state index in [-0.39, 0.29) is 28.9 Å². The van der Waals surface area contributed by atoms with Crippen LogP contribution in [-0.4, -0.2) is 113 Å². The van der Waals surface area contributed by atoms with Crippen LogP contribution in [0.15, 0.2) is 35.2 Å². The number of ether oxygens (including phenoxy) is 2. The Kier molecular flexibility index (Phi) is 9.85. The Labute approximate surface area is 285 Å². The van der Waals surface area contributed by atoms with Gasteiger partial charge in [-0.3, -0.25) is 9.69 Å². The van der Waals surface area contributed by atoms with Crippen LogP contribution < -0.4 is 24.6 Å². The predicted molar refractivity (Wildman–Crippen MR) is 187 cm³/mol. The number of hydrogen-bond acceptors (Lipinski definition) is 10. The van der Waals surface area contributed by atoms with Crippen molar-refractivity contribution in [3.8, 4) is 5.75 Å². The van der Waals surface area contributed by atoms with Crippen molar-refractivity contribution < 1.29 is 22.7 Å². The van der Waals surface area contributed by atoms with Crippen molar-refractivity contribution in [2.75, 3.05) is 75.2 Å². The summed E-state index contributed by atoms with van der Waals surface area (Å²) in [5.74, 6) is 2.70. The first-order valence-electron chi connectivity index (χ1n) is 17.8. The lowest BCUT2D eigenvalue weighted by molar-refractivity contribution is -0.119. The SMILES string of the molecule is COc1cc(S(=O)(=O)NC2CCC(N3CCN(CC4CC4)CC3)CC2)ccc1Nc1ccc2c(n1)N(C1CCOCC1)[C@H](C)C(=O)N2C. The molecule has 0 unspecified atom stereocenters. The van der Waals surface area contributed by atoms with Crippen LogP contribution in [-0.2, 0) is 19.6 Å². The molecule has 262 valence electrons. The second-order valence-electron chi connectivity index (χ2n) is 14.3. The van der Waals surface area contributed by atoms with Crippen molar-refractivity contribution >= 4 is 38.9 Å². The Bertz CT molecular complexity index is 1560. The Morgan fingerprint density at radius 2 is 1.67 bits per heavy atom. The van der Waals surface area contributed by atoms with Crippen molar-refractivity contribution in [2.24, 2.45) is 5.92 Å².